The molecule has 0 aliphatic carbocycles. The van der Waals surface area contributed by atoms with Gasteiger partial charge in [-0.1, -0.05) is 42.5 Å². The average Bonchev–Trinajstić information content (AvgIpc) is 2.56. The minimum Gasteiger partial charge on any atom is -0.493 e. The van der Waals surface area contributed by atoms with E-state index in [2.05, 4.69) is 36.4 Å². The number of hydrogen-bond acceptors (Lipinski definition) is 2. The van der Waals surface area contributed by atoms with E-state index in [1.807, 2.05) is 12.1 Å². The Bertz CT molecular complexity index is 461. The quantitative estimate of drug-likeness (QED) is 0.724. The van der Waals surface area contributed by atoms with Gasteiger partial charge < -0.3 is 9.47 Å². The van der Waals surface area contributed by atoms with Crippen molar-refractivity contribution in [3.63, 3.8) is 0 Å². The molecular formula is C18H20O2. The number of rotatable bonds is 0. The summed E-state index contributed by atoms with van der Waals surface area (Å²) in [6.45, 7) is 2.57. The van der Waals surface area contributed by atoms with E-state index in [0.29, 0.717) is 0 Å². The lowest BCUT2D eigenvalue weighted by Gasteiger charge is -2.15. The van der Waals surface area contributed by atoms with Crippen molar-refractivity contribution >= 4 is 0 Å². The first-order valence-electron chi connectivity index (χ1n) is 7.29. The Hall–Kier alpha value is -1.80. The number of hydrogen-bond donors (Lipinski definition) is 0. The first-order valence-corrected chi connectivity index (χ1v) is 7.29. The minimum absolute atomic E-state index is 0.802. The van der Waals surface area contributed by atoms with Crippen LogP contribution in [0.1, 0.15) is 23.1 Å². The standard InChI is InChI=1S/2C9H10O/c1-2-6-9-8(4-1)5-3-7-10-9;1-2-4-9-7-10-6-5-8(9)3-1/h1-2,4,6H,3,5,7H2;1-4H,5-7H2. The molecule has 0 spiro atoms. The normalized spacial score (nSPS) is 16.0. The van der Waals surface area contributed by atoms with E-state index < -0.39 is 0 Å². The highest BCUT2D eigenvalue weighted by Gasteiger charge is 2.07. The molecule has 2 heteroatoms. The molecule has 2 aromatic rings. The summed E-state index contributed by atoms with van der Waals surface area (Å²) in [6.07, 6.45) is 3.42. The lowest BCUT2D eigenvalue weighted by atomic mass is 10.0. The molecule has 0 saturated carbocycles. The van der Waals surface area contributed by atoms with Gasteiger partial charge in [-0.25, -0.2) is 0 Å². The molecule has 2 aromatic carbocycles. The van der Waals surface area contributed by atoms with Crippen LogP contribution >= 0.6 is 0 Å². The van der Waals surface area contributed by atoms with Gasteiger partial charge in [0, 0.05) is 0 Å². The molecule has 0 atom stereocenters. The van der Waals surface area contributed by atoms with Crippen molar-refractivity contribution in [1.82, 2.24) is 0 Å². The molecule has 0 saturated heterocycles. The van der Waals surface area contributed by atoms with Gasteiger partial charge in [0.15, 0.2) is 0 Å². The van der Waals surface area contributed by atoms with Gasteiger partial charge in [0.1, 0.15) is 5.75 Å². The van der Waals surface area contributed by atoms with Gasteiger partial charge in [-0.3, -0.25) is 0 Å². The fourth-order valence-electron chi connectivity index (χ4n) is 2.60. The summed E-state index contributed by atoms with van der Waals surface area (Å²) in [7, 11) is 0. The Morgan fingerprint density at radius 3 is 2.25 bits per heavy atom. The second-order valence-electron chi connectivity index (χ2n) is 5.13. The lowest BCUT2D eigenvalue weighted by Crippen LogP contribution is -2.08. The van der Waals surface area contributed by atoms with Crippen molar-refractivity contribution in [2.75, 3.05) is 13.2 Å². The maximum absolute atomic E-state index is 5.42. The predicted molar refractivity (Wildman–Crippen MR) is 80.1 cm³/mol. The molecular weight excluding hydrogens is 248 g/mol. The van der Waals surface area contributed by atoms with Crippen molar-refractivity contribution in [3.8, 4) is 5.75 Å². The van der Waals surface area contributed by atoms with Crippen molar-refractivity contribution < 1.29 is 9.47 Å². The molecule has 2 nitrogen and oxygen atoms in total. The molecule has 0 N–H and O–H groups in total. The van der Waals surface area contributed by atoms with Crippen LogP contribution in [0.5, 0.6) is 5.75 Å². The summed E-state index contributed by atoms with van der Waals surface area (Å²) < 4.78 is 10.7. The van der Waals surface area contributed by atoms with Crippen LogP contribution in [0.15, 0.2) is 48.5 Å². The molecule has 20 heavy (non-hydrogen) atoms. The number of para-hydroxylation sites is 1. The summed E-state index contributed by atoms with van der Waals surface area (Å²) in [6, 6.07) is 16.7. The summed E-state index contributed by atoms with van der Waals surface area (Å²) in [5.41, 5.74) is 4.16. The fraction of sp³-hybridized carbons (Fsp3) is 0.333. The summed E-state index contributed by atoms with van der Waals surface area (Å²) >= 11 is 0. The molecule has 4 rings (SSSR count). The van der Waals surface area contributed by atoms with E-state index in [9.17, 15) is 0 Å². The monoisotopic (exact) mass is 268 g/mol. The third-order valence-electron chi connectivity index (χ3n) is 3.71. The van der Waals surface area contributed by atoms with Crippen molar-refractivity contribution in [2.24, 2.45) is 0 Å². The second kappa shape index (κ2) is 6.58. The van der Waals surface area contributed by atoms with E-state index >= 15 is 0 Å². The smallest absolute Gasteiger partial charge is 0.122 e. The van der Waals surface area contributed by atoms with E-state index in [1.54, 1.807) is 0 Å². The van der Waals surface area contributed by atoms with Gasteiger partial charge in [-0.15, -0.1) is 0 Å². The van der Waals surface area contributed by atoms with E-state index in [1.165, 1.54) is 23.1 Å². The van der Waals surface area contributed by atoms with Gasteiger partial charge in [0.2, 0.25) is 0 Å². The number of ether oxygens (including phenoxy) is 2. The van der Waals surface area contributed by atoms with E-state index in [-0.39, 0.29) is 0 Å². The van der Waals surface area contributed by atoms with Gasteiger partial charge in [0.25, 0.3) is 0 Å². The molecule has 0 amide bonds. The molecule has 0 unspecified atom stereocenters. The zero-order valence-electron chi connectivity index (χ0n) is 11.7. The molecule has 0 bridgehead atoms. The number of benzene rings is 2. The largest absolute Gasteiger partial charge is 0.493 e. The zero-order chi connectivity index (χ0) is 13.6. The highest BCUT2D eigenvalue weighted by molar-refractivity contribution is 5.34. The Kier molecular flexibility index (Phi) is 4.34. The third kappa shape index (κ3) is 3.20. The Labute approximate surface area is 120 Å². The maximum Gasteiger partial charge on any atom is 0.122 e. The highest BCUT2D eigenvalue weighted by Crippen LogP contribution is 2.23. The molecule has 2 heterocycles. The van der Waals surface area contributed by atoms with Gasteiger partial charge in [0.05, 0.1) is 19.8 Å². The number of fused-ring (bicyclic) bond motifs is 2. The Balaban J connectivity index is 0.000000121. The molecule has 104 valence electrons. The Morgan fingerprint density at radius 2 is 1.45 bits per heavy atom. The minimum atomic E-state index is 0.802. The first kappa shape index (κ1) is 13.2. The third-order valence-corrected chi connectivity index (χ3v) is 3.71. The van der Waals surface area contributed by atoms with Crippen molar-refractivity contribution in [2.45, 2.75) is 25.9 Å². The van der Waals surface area contributed by atoms with Gasteiger partial charge >= 0.3 is 0 Å². The van der Waals surface area contributed by atoms with Crippen LogP contribution in [0.4, 0.5) is 0 Å². The molecule has 0 radical (unpaired) electrons. The Morgan fingerprint density at radius 1 is 0.700 bits per heavy atom. The highest BCUT2D eigenvalue weighted by atomic mass is 16.5. The van der Waals surface area contributed by atoms with Crippen molar-refractivity contribution in [1.29, 1.82) is 0 Å². The van der Waals surface area contributed by atoms with E-state index in [0.717, 1.165) is 38.4 Å². The van der Waals surface area contributed by atoms with Crippen LogP contribution in [0, 0.1) is 0 Å². The summed E-state index contributed by atoms with van der Waals surface area (Å²) in [5, 5.41) is 0. The SMILES string of the molecule is c1ccc2c(c1)CCCO2.c1ccc2c(c1)CCOC2. The lowest BCUT2D eigenvalue weighted by molar-refractivity contribution is 0.111. The molecule has 0 aromatic heterocycles. The average molecular weight is 268 g/mol. The number of aryl methyl sites for hydroxylation is 1. The van der Waals surface area contributed by atoms with Crippen LogP contribution in [-0.4, -0.2) is 13.2 Å². The van der Waals surface area contributed by atoms with Gasteiger partial charge in [-0.2, -0.15) is 0 Å². The maximum atomic E-state index is 5.42. The van der Waals surface area contributed by atoms with Crippen LogP contribution in [0.25, 0.3) is 0 Å². The topological polar surface area (TPSA) is 18.5 Å². The van der Waals surface area contributed by atoms with Crippen LogP contribution < -0.4 is 4.74 Å². The second-order valence-corrected chi connectivity index (χ2v) is 5.13. The molecule has 0 fully saturated rings. The fourth-order valence-corrected chi connectivity index (χ4v) is 2.60. The molecule has 2 aliphatic rings. The van der Waals surface area contributed by atoms with E-state index in [4.69, 9.17) is 9.47 Å². The van der Waals surface area contributed by atoms with Crippen LogP contribution in [0.2, 0.25) is 0 Å². The van der Waals surface area contributed by atoms with Crippen molar-refractivity contribution in [3.05, 3.63) is 65.2 Å². The van der Waals surface area contributed by atoms with Crippen LogP contribution in [-0.2, 0) is 24.2 Å². The first-order chi connectivity index (χ1) is 9.93. The summed E-state index contributed by atoms with van der Waals surface area (Å²) in [4.78, 5) is 0. The zero-order valence-corrected chi connectivity index (χ0v) is 11.7. The van der Waals surface area contributed by atoms with Crippen LogP contribution in [0.3, 0.4) is 0 Å². The predicted octanol–water partition coefficient (Wildman–Crippen LogP) is 3.77. The van der Waals surface area contributed by atoms with Gasteiger partial charge in [-0.05, 0) is 42.0 Å². The molecule has 2 aliphatic heterocycles. The summed E-state index contributed by atoms with van der Waals surface area (Å²) in [5.74, 6) is 1.08.